The standard InChI is InChI=1S/C21H66O6P32/c1-10-9-20(4,5)13(7-15(10)26-49(57(44)53(36)37)59(55(40)41)56(42)43)18(24-45-28)17-11(2)14(22)8-16(27-47(50(30)31)51(32)33)21(17,6)19(23)12(3)25-48(52(34)35)58(46-29)54(38)39/h9,12-18,22,45-46H,2,7-8,28-44H2,1,3-6H3. The molecular formula is C21H66O6P32. The Bertz CT molecular complexity index is 1360. The number of ketones is 1. The Kier molecular flexibility index (Phi) is 37.4. The Labute approximate surface area is 414 Å². The number of hydrogen-bond acceptors (Lipinski definition) is 6. The number of Topliss-reactive ketones (excluding diaryl/α,β-unsaturated/α-hetero) is 1. The topological polar surface area (TPSA) is 74.2 Å². The maximum Gasteiger partial charge on any atom is 0.170 e. The smallest absolute Gasteiger partial charge is 0.170 e. The average molecular weight is 1410 g/mol. The number of rotatable bonds is 23. The highest BCUT2D eigenvalue weighted by molar-refractivity contribution is 9.19. The van der Waals surface area contributed by atoms with Crippen LogP contribution in [0.5, 0.6) is 0 Å². The van der Waals surface area contributed by atoms with Gasteiger partial charge in [0.25, 0.3) is 0 Å². The van der Waals surface area contributed by atoms with Crippen molar-refractivity contribution in [3.8, 4) is 0 Å². The predicted octanol–water partition coefficient (Wildman–Crippen LogP) is 20.8. The molecule has 0 bridgehead atoms. The van der Waals surface area contributed by atoms with Crippen molar-refractivity contribution in [2.75, 3.05) is 0 Å². The average Bonchev–Trinajstić information content (AvgIpc) is 3.10. The minimum Gasteiger partial charge on any atom is -0.389 e. The van der Waals surface area contributed by atoms with Crippen LogP contribution in [-0.2, 0) is 22.9 Å². The first-order chi connectivity index (χ1) is 27.1. The van der Waals surface area contributed by atoms with Gasteiger partial charge in [-0.15, -0.1) is 134 Å². The third kappa shape index (κ3) is 19.5. The molecular weight excluding hydrogens is 1340 g/mol. The van der Waals surface area contributed by atoms with E-state index in [-0.39, 0.29) is 66.7 Å². The molecule has 59 heavy (non-hydrogen) atoms. The van der Waals surface area contributed by atoms with Gasteiger partial charge in [0.2, 0.25) is 0 Å². The summed E-state index contributed by atoms with van der Waals surface area (Å²) in [5, 5.41) is 12.1. The van der Waals surface area contributed by atoms with Crippen LogP contribution in [0.3, 0.4) is 0 Å². The highest BCUT2D eigenvalue weighted by Crippen LogP contribution is 3.18. The molecule has 0 aromatic carbocycles. The molecule has 2 aliphatic rings. The minimum absolute atomic E-state index is 0.0109. The van der Waals surface area contributed by atoms with Crippen molar-refractivity contribution >= 4 is 266 Å². The third-order valence-corrected chi connectivity index (χ3v) is 151. The van der Waals surface area contributed by atoms with E-state index in [9.17, 15) is 5.11 Å². The summed E-state index contributed by atoms with van der Waals surface area (Å²) in [7, 11) is 49.8. The normalized spacial score (nSPS) is 29.1. The van der Waals surface area contributed by atoms with E-state index in [1.165, 1.54) is 5.57 Å². The molecule has 38 heteroatoms. The van der Waals surface area contributed by atoms with Crippen LogP contribution in [0.25, 0.3) is 0 Å². The lowest BCUT2D eigenvalue weighted by atomic mass is 9.54. The molecule has 346 valence electrons. The molecule has 0 aromatic heterocycles. The van der Waals surface area contributed by atoms with Crippen molar-refractivity contribution < 1.29 is 28.0 Å². The summed E-state index contributed by atoms with van der Waals surface area (Å²) in [6.45, 7) is 11.0. The first-order valence-electron chi connectivity index (χ1n) is 16.9. The zero-order valence-corrected chi connectivity index (χ0v) is 66.6. The largest absolute Gasteiger partial charge is 0.389 e. The predicted molar refractivity (Wildman–Crippen MR) is 369 cm³/mol. The third-order valence-electron chi connectivity index (χ3n) is 9.70. The van der Waals surface area contributed by atoms with Gasteiger partial charge in [0.15, 0.2) is 5.78 Å². The lowest BCUT2D eigenvalue weighted by molar-refractivity contribution is -0.155. The lowest BCUT2D eigenvalue weighted by Crippen LogP contribution is -2.61. The van der Waals surface area contributed by atoms with Crippen molar-refractivity contribution in [3.63, 3.8) is 0 Å². The Hall–Kier alpha value is 12.7. The van der Waals surface area contributed by atoms with Crippen molar-refractivity contribution in [2.45, 2.75) is 78.0 Å². The number of aliphatic hydroxyl groups is 1. The maximum absolute atomic E-state index is 15.8. The molecule has 0 heterocycles. The summed E-state index contributed by atoms with van der Waals surface area (Å²) in [5.41, 5.74) is 0.502. The summed E-state index contributed by atoms with van der Waals surface area (Å²) in [6, 6.07) is 0. The van der Waals surface area contributed by atoms with E-state index in [0.717, 1.165) is 6.42 Å². The van der Waals surface area contributed by atoms with Crippen LogP contribution >= 0.6 is 261 Å². The van der Waals surface area contributed by atoms with Crippen LogP contribution in [0, 0.1) is 22.7 Å². The Morgan fingerprint density at radius 2 is 1.32 bits per heavy atom. The van der Waals surface area contributed by atoms with Crippen LogP contribution in [-0.4, -0.2) is 41.4 Å². The molecule has 0 amide bonds. The second kappa shape index (κ2) is 32.6. The van der Waals surface area contributed by atoms with E-state index < -0.39 is 93.3 Å². The Morgan fingerprint density at radius 1 is 0.797 bits per heavy atom. The number of aliphatic hydroxyl groups excluding tert-OH is 1. The number of carbonyl (C=O) groups is 1. The van der Waals surface area contributed by atoms with Gasteiger partial charge in [-0.05, 0) is 98.6 Å². The van der Waals surface area contributed by atoms with Crippen LogP contribution < -0.4 is 0 Å². The van der Waals surface area contributed by atoms with Crippen LogP contribution in [0.4, 0.5) is 0 Å². The number of allylic oxidation sites excluding steroid dienone is 1. The molecule has 31 unspecified atom stereocenters. The molecule has 6 nitrogen and oxygen atoms in total. The first-order valence-corrected chi connectivity index (χ1v) is 71.8. The van der Waals surface area contributed by atoms with E-state index in [1.54, 1.807) is 0 Å². The van der Waals surface area contributed by atoms with Gasteiger partial charge in [0.1, 0.15) is 6.10 Å². The van der Waals surface area contributed by atoms with Gasteiger partial charge in [-0.2, -0.15) is 0 Å². The lowest BCUT2D eigenvalue weighted by Gasteiger charge is -2.56. The monoisotopic (exact) mass is 1410 g/mol. The van der Waals surface area contributed by atoms with Gasteiger partial charge < -0.3 is 23.2 Å². The van der Waals surface area contributed by atoms with Gasteiger partial charge in [0, 0.05) is 41.8 Å². The zero-order chi connectivity index (χ0) is 45.6. The molecule has 1 saturated carbocycles. The molecule has 1 N–H and O–H groups in total. The minimum atomic E-state index is -1.10. The van der Waals surface area contributed by atoms with Gasteiger partial charge in [-0.25, -0.2) is 0 Å². The first kappa shape index (κ1) is 67.8. The second-order valence-corrected chi connectivity index (χ2v) is 122. The molecule has 0 aliphatic heterocycles. The van der Waals surface area contributed by atoms with E-state index in [1.807, 2.05) is 6.92 Å². The highest BCUT2D eigenvalue weighted by atomic mass is 33.2. The van der Waals surface area contributed by atoms with Crippen LogP contribution in [0.15, 0.2) is 23.8 Å². The van der Waals surface area contributed by atoms with Gasteiger partial charge >= 0.3 is 0 Å². The summed E-state index contributed by atoms with van der Waals surface area (Å²) >= 11 is 0. The molecule has 0 radical (unpaired) electrons. The van der Waals surface area contributed by atoms with Crippen molar-refractivity contribution in [3.05, 3.63) is 23.8 Å². The van der Waals surface area contributed by atoms with E-state index in [0.29, 0.717) is 20.0 Å². The zero-order valence-electron chi connectivity index (χ0n) is 33.4. The van der Waals surface area contributed by atoms with Crippen LogP contribution in [0.1, 0.15) is 47.5 Å². The maximum atomic E-state index is 15.8. The van der Waals surface area contributed by atoms with E-state index >= 15 is 4.79 Å². The molecule has 0 saturated heterocycles. The van der Waals surface area contributed by atoms with Gasteiger partial charge in [0.05, 0.1) is 52.4 Å². The molecule has 0 spiro atoms. The summed E-state index contributed by atoms with van der Waals surface area (Å²) in [4.78, 5) is 15.8. The number of hydrogen-bond donors (Lipinski definition) is 1. The fraction of sp³-hybridized carbons (Fsp3) is 0.762. The highest BCUT2D eigenvalue weighted by Gasteiger charge is 2.61. The molecule has 2 rings (SSSR count). The van der Waals surface area contributed by atoms with Gasteiger partial charge in [-0.3, -0.25) is 4.79 Å². The van der Waals surface area contributed by atoms with E-state index in [2.05, 4.69) is 192 Å². The Balaban J connectivity index is 2.91. The number of carbonyl (C=O) groups excluding carboxylic acids is 1. The molecule has 31 atom stereocenters. The van der Waals surface area contributed by atoms with Crippen molar-refractivity contribution in [2.24, 2.45) is 22.7 Å². The fourth-order valence-electron chi connectivity index (χ4n) is 7.10. The Morgan fingerprint density at radius 3 is 1.75 bits per heavy atom. The van der Waals surface area contributed by atoms with Gasteiger partial charge in [-0.1, -0.05) is 52.3 Å². The van der Waals surface area contributed by atoms with Crippen LogP contribution in [0.2, 0.25) is 0 Å². The fourth-order valence-corrected chi connectivity index (χ4v) is 203. The molecule has 0 aromatic rings. The summed E-state index contributed by atoms with van der Waals surface area (Å²) in [6.07, 6.45) is 0.793. The summed E-state index contributed by atoms with van der Waals surface area (Å²) < 4.78 is 28.9. The summed E-state index contributed by atoms with van der Waals surface area (Å²) in [5.74, 6) is -0.576. The quantitative estimate of drug-likeness (QED) is 0.0812. The SMILES string of the molecule is C=C1C(O)CC(OP(P(P)P)P(P)P)C(C)(C(=O)C(C)OP(P(P)P)P(PP)P(P)P)C1C(OPP)C1CC(OP(P(P)P(P)P)P(P(P)P)P(P)P)C(C)=CC1(C)C. The molecule has 2 aliphatic carbocycles. The molecule has 1 fully saturated rings. The second-order valence-electron chi connectivity index (χ2n) is 14.1. The van der Waals surface area contributed by atoms with Crippen molar-refractivity contribution in [1.82, 2.24) is 0 Å². The van der Waals surface area contributed by atoms with Crippen molar-refractivity contribution in [1.29, 1.82) is 0 Å². The van der Waals surface area contributed by atoms with E-state index in [4.69, 9.17) is 18.1 Å².